The van der Waals surface area contributed by atoms with Crippen molar-refractivity contribution in [3.05, 3.63) is 29.2 Å². The van der Waals surface area contributed by atoms with Crippen LogP contribution < -0.4 is 0 Å². The van der Waals surface area contributed by atoms with Gasteiger partial charge in [-0.2, -0.15) is 4.98 Å². The van der Waals surface area contributed by atoms with Crippen molar-refractivity contribution in [1.82, 2.24) is 20.2 Å². The van der Waals surface area contributed by atoms with Crippen LogP contribution in [0.1, 0.15) is 35.8 Å². The first-order valence-electron chi connectivity index (χ1n) is 7.18. The summed E-state index contributed by atoms with van der Waals surface area (Å²) in [6.07, 6.45) is 3.75. The van der Waals surface area contributed by atoms with E-state index in [1.54, 1.807) is 13.2 Å². The lowest BCUT2D eigenvalue weighted by molar-refractivity contribution is -0.0374. The number of aliphatic hydroxyl groups is 1. The summed E-state index contributed by atoms with van der Waals surface area (Å²) >= 11 is 0. The maximum Gasteiger partial charge on any atom is 0.229 e. The maximum absolute atomic E-state index is 10.8. The van der Waals surface area contributed by atoms with E-state index in [0.29, 0.717) is 24.7 Å². The van der Waals surface area contributed by atoms with Gasteiger partial charge in [0.05, 0.1) is 17.7 Å². The highest BCUT2D eigenvalue weighted by molar-refractivity contribution is 5.12. The van der Waals surface area contributed by atoms with E-state index >= 15 is 0 Å². The number of β-amino-alcohol motifs (C(OH)–C–C–N with tert-alkyl or cyclic N) is 1. The van der Waals surface area contributed by atoms with Crippen LogP contribution in [0.15, 0.2) is 15.3 Å². The van der Waals surface area contributed by atoms with Crippen molar-refractivity contribution in [2.45, 2.75) is 45.3 Å². The van der Waals surface area contributed by atoms with Gasteiger partial charge in [0.25, 0.3) is 0 Å². The lowest BCUT2D eigenvalue weighted by Crippen LogP contribution is -2.49. The molecule has 3 rings (SSSR count). The molecule has 7 heteroatoms. The second kappa shape index (κ2) is 5.57. The minimum atomic E-state index is -0.817. The molecule has 1 aliphatic rings. The molecular weight excluding hydrogens is 272 g/mol. The predicted molar refractivity (Wildman–Crippen MR) is 73.4 cm³/mol. The summed E-state index contributed by atoms with van der Waals surface area (Å²) in [7, 11) is 0. The van der Waals surface area contributed by atoms with E-state index < -0.39 is 5.60 Å². The monoisotopic (exact) mass is 292 g/mol. The normalized spacial score (nSPS) is 23.6. The third-order valence-corrected chi connectivity index (χ3v) is 3.93. The zero-order valence-electron chi connectivity index (χ0n) is 12.4. The average Bonchev–Trinajstić information content (AvgIpc) is 2.99. The number of aryl methyl sites for hydroxylation is 2. The highest BCUT2D eigenvalue weighted by Crippen LogP contribution is 2.26. The summed E-state index contributed by atoms with van der Waals surface area (Å²) in [5.74, 6) is 1.10. The molecule has 1 aliphatic heterocycles. The second-order valence-corrected chi connectivity index (χ2v) is 5.88. The zero-order chi connectivity index (χ0) is 14.9. The Labute approximate surface area is 122 Å². The highest BCUT2D eigenvalue weighted by atomic mass is 16.5. The minimum Gasteiger partial charge on any atom is -0.388 e. The Bertz CT molecular complexity index is 609. The Balaban J connectivity index is 1.65. The van der Waals surface area contributed by atoms with Crippen molar-refractivity contribution < 1.29 is 14.2 Å². The molecule has 1 N–H and O–H groups in total. The Kier molecular flexibility index (Phi) is 3.77. The van der Waals surface area contributed by atoms with E-state index in [2.05, 4.69) is 20.2 Å². The number of nitrogens with zero attached hydrogens (tertiary/aromatic N) is 4. The molecule has 7 nitrogen and oxygen atoms in total. The van der Waals surface area contributed by atoms with Crippen LogP contribution in [0.4, 0.5) is 0 Å². The lowest BCUT2D eigenvalue weighted by Gasteiger charge is -2.38. The smallest absolute Gasteiger partial charge is 0.229 e. The van der Waals surface area contributed by atoms with Crippen LogP contribution in [0.3, 0.4) is 0 Å². The second-order valence-electron chi connectivity index (χ2n) is 5.88. The van der Waals surface area contributed by atoms with Crippen LogP contribution in [0.2, 0.25) is 0 Å². The molecule has 1 fully saturated rings. The van der Waals surface area contributed by atoms with Crippen LogP contribution in [0.5, 0.6) is 0 Å². The zero-order valence-corrected chi connectivity index (χ0v) is 12.4. The van der Waals surface area contributed by atoms with Crippen molar-refractivity contribution in [1.29, 1.82) is 0 Å². The summed E-state index contributed by atoms with van der Waals surface area (Å²) in [5.41, 5.74) is 1.15. The molecule has 1 atom stereocenters. The van der Waals surface area contributed by atoms with E-state index in [1.165, 1.54) is 0 Å². The molecule has 2 aromatic heterocycles. The molecule has 0 amide bonds. The van der Waals surface area contributed by atoms with Crippen molar-refractivity contribution in [3.8, 4) is 0 Å². The van der Waals surface area contributed by atoms with E-state index in [4.69, 9.17) is 9.05 Å². The molecule has 114 valence electrons. The minimum absolute atomic E-state index is 0.396. The fourth-order valence-electron chi connectivity index (χ4n) is 2.88. The fourth-order valence-corrected chi connectivity index (χ4v) is 2.88. The van der Waals surface area contributed by atoms with Gasteiger partial charge in [-0.05, 0) is 33.2 Å². The van der Waals surface area contributed by atoms with Gasteiger partial charge in [-0.3, -0.25) is 4.90 Å². The Morgan fingerprint density at radius 1 is 1.38 bits per heavy atom. The first-order valence-corrected chi connectivity index (χ1v) is 7.18. The summed E-state index contributed by atoms with van der Waals surface area (Å²) in [6, 6.07) is 0. The molecule has 1 saturated heterocycles. The van der Waals surface area contributed by atoms with Gasteiger partial charge in [0.1, 0.15) is 6.26 Å². The highest BCUT2D eigenvalue weighted by Gasteiger charge is 2.35. The SMILES string of the molecule is Cc1noc(CC2(O)CCCN(Cc3conc3C)C2)n1. The van der Waals surface area contributed by atoms with Crippen LogP contribution in [-0.2, 0) is 13.0 Å². The van der Waals surface area contributed by atoms with Crippen LogP contribution >= 0.6 is 0 Å². The van der Waals surface area contributed by atoms with Crippen molar-refractivity contribution in [2.75, 3.05) is 13.1 Å². The molecule has 0 aliphatic carbocycles. The number of hydrogen-bond acceptors (Lipinski definition) is 7. The molecule has 21 heavy (non-hydrogen) atoms. The molecule has 0 radical (unpaired) electrons. The fraction of sp³-hybridized carbons (Fsp3) is 0.643. The van der Waals surface area contributed by atoms with Gasteiger partial charge in [0.15, 0.2) is 5.82 Å². The van der Waals surface area contributed by atoms with Crippen molar-refractivity contribution in [3.63, 3.8) is 0 Å². The predicted octanol–water partition coefficient (Wildman–Crippen LogP) is 1.24. The quantitative estimate of drug-likeness (QED) is 0.907. The van der Waals surface area contributed by atoms with Crippen LogP contribution in [0.25, 0.3) is 0 Å². The van der Waals surface area contributed by atoms with Gasteiger partial charge in [-0.25, -0.2) is 0 Å². The lowest BCUT2D eigenvalue weighted by atomic mass is 9.89. The first-order chi connectivity index (χ1) is 10.0. The van der Waals surface area contributed by atoms with Gasteiger partial charge in [0, 0.05) is 18.7 Å². The van der Waals surface area contributed by atoms with E-state index in [0.717, 1.165) is 37.2 Å². The third-order valence-electron chi connectivity index (χ3n) is 3.93. The summed E-state index contributed by atoms with van der Waals surface area (Å²) in [6.45, 7) is 5.98. The standard InChI is InChI=1S/C14H20N4O3/c1-10-12(8-20-16-10)7-18-5-3-4-14(19,9-18)6-13-15-11(2)17-21-13/h8,19H,3-7,9H2,1-2H3. The van der Waals surface area contributed by atoms with Gasteiger partial charge in [-0.15, -0.1) is 0 Å². The Morgan fingerprint density at radius 3 is 2.90 bits per heavy atom. The summed E-state index contributed by atoms with van der Waals surface area (Å²) in [4.78, 5) is 6.40. The van der Waals surface area contributed by atoms with Crippen LogP contribution in [0, 0.1) is 13.8 Å². The van der Waals surface area contributed by atoms with E-state index in [1.807, 2.05) is 6.92 Å². The number of likely N-dealkylation sites (tertiary alicyclic amines) is 1. The van der Waals surface area contributed by atoms with Gasteiger partial charge in [0.2, 0.25) is 5.89 Å². The van der Waals surface area contributed by atoms with Gasteiger partial charge in [-0.1, -0.05) is 10.3 Å². The molecule has 0 spiro atoms. The van der Waals surface area contributed by atoms with Crippen molar-refractivity contribution >= 4 is 0 Å². The molecule has 0 saturated carbocycles. The maximum atomic E-state index is 10.8. The molecule has 0 bridgehead atoms. The number of aromatic nitrogens is 3. The topological polar surface area (TPSA) is 88.4 Å². The summed E-state index contributed by atoms with van der Waals surface area (Å²) in [5, 5.41) is 18.5. The Hall–Kier alpha value is -1.73. The van der Waals surface area contributed by atoms with Gasteiger partial charge >= 0.3 is 0 Å². The largest absolute Gasteiger partial charge is 0.388 e. The number of piperidine rings is 1. The molecule has 1 unspecified atom stereocenters. The van der Waals surface area contributed by atoms with E-state index in [9.17, 15) is 5.11 Å². The number of rotatable bonds is 4. The molecule has 3 heterocycles. The molecule has 0 aromatic carbocycles. The summed E-state index contributed by atoms with van der Waals surface area (Å²) < 4.78 is 10.1. The Morgan fingerprint density at radius 2 is 2.24 bits per heavy atom. The molecule has 2 aromatic rings. The average molecular weight is 292 g/mol. The van der Waals surface area contributed by atoms with E-state index in [-0.39, 0.29) is 0 Å². The molecular formula is C14H20N4O3. The third kappa shape index (κ3) is 3.30. The first kappa shape index (κ1) is 14.2. The van der Waals surface area contributed by atoms with Crippen LogP contribution in [-0.4, -0.2) is 44.0 Å². The number of hydrogen-bond donors (Lipinski definition) is 1. The van der Waals surface area contributed by atoms with Crippen molar-refractivity contribution in [2.24, 2.45) is 0 Å². The van der Waals surface area contributed by atoms with Gasteiger partial charge < -0.3 is 14.2 Å².